The van der Waals surface area contributed by atoms with Crippen molar-refractivity contribution in [3.8, 4) is 6.07 Å². The third-order valence-corrected chi connectivity index (χ3v) is 3.44. The second kappa shape index (κ2) is 16.6. The summed E-state index contributed by atoms with van der Waals surface area (Å²) in [5, 5.41) is 21.6. The molecule has 0 radical (unpaired) electrons. The van der Waals surface area contributed by atoms with Crippen LogP contribution in [0.2, 0.25) is 0 Å². The molecule has 29 heavy (non-hydrogen) atoms. The SMILES string of the molecule is C/C=C(\C)C(=O)Nc1ccc(C#N)cc1C(=O)N=O.C=CC(=C)O.CCCCC. The number of rotatable bonds is 6. The molecule has 0 unspecified atom stereocenters. The Bertz CT molecular complexity index is 788. The van der Waals surface area contributed by atoms with Gasteiger partial charge in [-0.05, 0) is 38.1 Å². The van der Waals surface area contributed by atoms with E-state index in [1.54, 1.807) is 19.9 Å². The zero-order chi connectivity index (χ0) is 22.8. The smallest absolute Gasteiger partial charge is 0.318 e. The molecule has 7 heteroatoms. The van der Waals surface area contributed by atoms with E-state index in [1.807, 2.05) is 6.07 Å². The highest BCUT2D eigenvalue weighted by atomic mass is 16.3. The van der Waals surface area contributed by atoms with Gasteiger partial charge in [0.05, 0.1) is 22.9 Å². The van der Waals surface area contributed by atoms with Gasteiger partial charge in [0, 0.05) is 10.7 Å². The lowest BCUT2D eigenvalue weighted by molar-refractivity contribution is -0.112. The predicted molar refractivity (Wildman–Crippen MR) is 117 cm³/mol. The molecule has 0 aliphatic carbocycles. The highest BCUT2D eigenvalue weighted by Gasteiger charge is 2.15. The molecule has 2 N–H and O–H groups in total. The maximum atomic E-state index is 11.7. The minimum Gasteiger partial charge on any atom is -0.509 e. The number of carbonyl (C=O) groups is 2. The summed E-state index contributed by atoms with van der Waals surface area (Å²) in [7, 11) is 0. The van der Waals surface area contributed by atoms with Crippen molar-refractivity contribution < 1.29 is 14.7 Å². The molecule has 0 spiro atoms. The summed E-state index contributed by atoms with van der Waals surface area (Å²) in [5.74, 6) is -1.41. The summed E-state index contributed by atoms with van der Waals surface area (Å²) in [6, 6.07) is 5.87. The van der Waals surface area contributed by atoms with Crippen LogP contribution in [-0.4, -0.2) is 16.9 Å². The van der Waals surface area contributed by atoms with Gasteiger partial charge in [0.1, 0.15) is 5.76 Å². The summed E-state index contributed by atoms with van der Waals surface area (Å²) in [6.07, 6.45) is 6.96. The fraction of sp³-hybridized carbons (Fsp3) is 0.318. The van der Waals surface area contributed by atoms with Gasteiger partial charge in [-0.3, -0.25) is 9.59 Å². The number of nitriles is 1. The normalized spacial score (nSPS) is 9.41. The molecule has 0 aliphatic rings. The van der Waals surface area contributed by atoms with Crippen LogP contribution in [-0.2, 0) is 4.79 Å². The first-order valence-corrected chi connectivity index (χ1v) is 9.08. The van der Waals surface area contributed by atoms with Gasteiger partial charge in [-0.25, -0.2) is 0 Å². The number of hydrogen-bond acceptors (Lipinski definition) is 5. The van der Waals surface area contributed by atoms with Crippen LogP contribution in [0, 0.1) is 16.2 Å². The number of amides is 2. The Hall–Kier alpha value is -3.53. The van der Waals surface area contributed by atoms with Crippen LogP contribution in [0.25, 0.3) is 0 Å². The van der Waals surface area contributed by atoms with Crippen molar-refractivity contribution in [1.82, 2.24) is 0 Å². The molecule has 0 heterocycles. The number of aliphatic hydroxyl groups is 1. The average Bonchev–Trinajstić information content (AvgIpc) is 2.74. The summed E-state index contributed by atoms with van der Waals surface area (Å²) in [5.41, 5.74) is 0.704. The Morgan fingerprint density at radius 3 is 2.21 bits per heavy atom. The number of anilines is 1. The highest BCUT2D eigenvalue weighted by molar-refractivity contribution is 6.08. The number of aliphatic hydroxyl groups excluding tert-OH is 1. The number of allylic oxidation sites excluding steroid dienone is 2. The maximum Gasteiger partial charge on any atom is 0.318 e. The van der Waals surface area contributed by atoms with Gasteiger partial charge in [-0.15, -0.1) is 4.91 Å². The third-order valence-electron chi connectivity index (χ3n) is 3.44. The van der Waals surface area contributed by atoms with Gasteiger partial charge in [0.15, 0.2) is 0 Å². The first-order valence-electron chi connectivity index (χ1n) is 9.08. The fourth-order valence-electron chi connectivity index (χ4n) is 1.65. The zero-order valence-corrected chi connectivity index (χ0v) is 17.5. The second-order valence-electron chi connectivity index (χ2n) is 5.74. The lowest BCUT2D eigenvalue weighted by atomic mass is 10.1. The Morgan fingerprint density at radius 2 is 1.86 bits per heavy atom. The van der Waals surface area contributed by atoms with Crippen LogP contribution < -0.4 is 5.32 Å². The van der Waals surface area contributed by atoms with Gasteiger partial charge < -0.3 is 10.4 Å². The molecule has 2 amide bonds. The molecule has 0 atom stereocenters. The number of hydrogen-bond donors (Lipinski definition) is 2. The van der Waals surface area contributed by atoms with Gasteiger partial charge in [0.2, 0.25) is 0 Å². The predicted octanol–water partition coefficient (Wildman–Crippen LogP) is 5.81. The van der Waals surface area contributed by atoms with Gasteiger partial charge in [-0.2, -0.15) is 5.26 Å². The summed E-state index contributed by atoms with van der Waals surface area (Å²) >= 11 is 0. The third kappa shape index (κ3) is 12.5. The molecule has 1 rings (SSSR count). The standard InChI is InChI=1S/C13H11N3O3.C5H12.C4H6O/c1-3-8(2)12(17)15-11-5-4-9(7-14)6-10(11)13(18)16-19;1-3-5-4-2;1-3-4(2)5/h3-6H,1-2H3,(H,15,17);3-5H2,1-2H3;3,5H,1-2H2/b8-3+;;. The van der Waals surface area contributed by atoms with Crippen molar-refractivity contribution in [2.24, 2.45) is 5.18 Å². The van der Waals surface area contributed by atoms with Crippen molar-refractivity contribution >= 4 is 17.5 Å². The Morgan fingerprint density at radius 1 is 1.31 bits per heavy atom. The van der Waals surface area contributed by atoms with Crippen molar-refractivity contribution in [2.75, 3.05) is 5.32 Å². The van der Waals surface area contributed by atoms with E-state index in [9.17, 15) is 14.5 Å². The van der Waals surface area contributed by atoms with Crippen molar-refractivity contribution in [3.05, 3.63) is 70.9 Å². The van der Waals surface area contributed by atoms with Crippen LogP contribution >= 0.6 is 0 Å². The molecule has 0 saturated carbocycles. The number of benzene rings is 1. The monoisotopic (exact) mass is 399 g/mol. The van der Waals surface area contributed by atoms with Crippen LogP contribution in [0.4, 0.5) is 5.69 Å². The van der Waals surface area contributed by atoms with Crippen molar-refractivity contribution in [2.45, 2.75) is 47.0 Å². The summed E-state index contributed by atoms with van der Waals surface area (Å²) in [6.45, 7) is 14.1. The molecular formula is C22H29N3O4. The largest absolute Gasteiger partial charge is 0.509 e. The molecule has 0 aliphatic heterocycles. The number of nitrogens with zero attached hydrogens (tertiary/aromatic N) is 2. The van der Waals surface area contributed by atoms with Gasteiger partial charge >= 0.3 is 5.91 Å². The maximum absolute atomic E-state index is 11.7. The molecule has 0 bridgehead atoms. The summed E-state index contributed by atoms with van der Waals surface area (Å²) < 4.78 is 0. The van der Waals surface area contributed by atoms with Crippen LogP contribution in [0.5, 0.6) is 0 Å². The second-order valence-corrected chi connectivity index (χ2v) is 5.74. The number of nitroso groups, excluding NO2 is 1. The first kappa shape index (κ1) is 27.7. The number of unbranched alkanes of at least 4 members (excludes halogenated alkanes) is 2. The Kier molecular flexibility index (Phi) is 15.9. The average molecular weight is 399 g/mol. The van der Waals surface area contributed by atoms with E-state index in [0.29, 0.717) is 5.57 Å². The van der Waals surface area contributed by atoms with E-state index in [1.165, 1.54) is 43.5 Å². The fourth-order valence-corrected chi connectivity index (χ4v) is 1.65. The van der Waals surface area contributed by atoms with Crippen LogP contribution in [0.3, 0.4) is 0 Å². The van der Waals surface area contributed by atoms with Crippen LogP contribution in [0.15, 0.2) is 60.0 Å². The van der Waals surface area contributed by atoms with E-state index >= 15 is 0 Å². The van der Waals surface area contributed by atoms with Crippen molar-refractivity contribution in [1.29, 1.82) is 5.26 Å². The quantitative estimate of drug-likeness (QED) is 0.271. The number of nitrogens with one attached hydrogen (secondary N) is 1. The lowest BCUT2D eigenvalue weighted by Crippen LogP contribution is -2.15. The molecule has 7 nitrogen and oxygen atoms in total. The van der Waals surface area contributed by atoms with E-state index in [2.05, 4.69) is 37.5 Å². The molecule has 0 aromatic heterocycles. The Labute approximate surface area is 172 Å². The molecule has 0 fully saturated rings. The molecular weight excluding hydrogens is 370 g/mol. The highest BCUT2D eigenvalue weighted by Crippen LogP contribution is 2.19. The first-order chi connectivity index (χ1) is 13.7. The minimum absolute atomic E-state index is 0.0185. The van der Waals surface area contributed by atoms with E-state index in [4.69, 9.17) is 10.4 Å². The lowest BCUT2D eigenvalue weighted by Gasteiger charge is -2.08. The van der Waals surface area contributed by atoms with E-state index in [-0.39, 0.29) is 22.6 Å². The topological polar surface area (TPSA) is 120 Å². The molecule has 156 valence electrons. The minimum atomic E-state index is -1.04. The molecule has 1 aromatic rings. The Balaban J connectivity index is 0. The van der Waals surface area contributed by atoms with Gasteiger partial charge in [0.25, 0.3) is 5.91 Å². The van der Waals surface area contributed by atoms with E-state index in [0.717, 1.165) is 0 Å². The van der Waals surface area contributed by atoms with Gasteiger partial charge in [-0.1, -0.05) is 52.3 Å². The zero-order valence-electron chi connectivity index (χ0n) is 17.5. The van der Waals surface area contributed by atoms with E-state index < -0.39 is 11.8 Å². The van der Waals surface area contributed by atoms with Crippen molar-refractivity contribution in [3.63, 3.8) is 0 Å². The molecule has 1 aromatic carbocycles. The van der Waals surface area contributed by atoms with Crippen LogP contribution in [0.1, 0.15) is 62.9 Å². The summed E-state index contributed by atoms with van der Waals surface area (Å²) in [4.78, 5) is 33.4. The molecule has 0 saturated heterocycles. The number of carbonyl (C=O) groups excluding carboxylic acids is 2.